The average molecular weight is 440 g/mol. The first kappa shape index (κ1) is 20.3. The molecule has 0 aromatic heterocycles. The van der Waals surface area contributed by atoms with E-state index in [9.17, 15) is 9.90 Å². The van der Waals surface area contributed by atoms with E-state index < -0.39 is 5.91 Å². The van der Waals surface area contributed by atoms with Crippen LogP contribution in [-0.2, 0) is 4.79 Å². The number of nitrogens with zero attached hydrogens (tertiary/aromatic N) is 1. The molecule has 1 unspecified atom stereocenters. The van der Waals surface area contributed by atoms with Crippen molar-refractivity contribution in [2.45, 2.75) is 26.2 Å². The lowest BCUT2D eigenvalue weighted by Gasteiger charge is -2.10. The predicted octanol–water partition coefficient (Wildman–Crippen LogP) is 4.85. The maximum absolute atomic E-state index is 11.8. The van der Waals surface area contributed by atoms with Crippen LogP contribution in [0.25, 0.3) is 0 Å². The molecule has 2 aromatic rings. The number of phenolic OH excluding ortho intramolecular Hbond substituents is 1. The predicted molar refractivity (Wildman–Crippen MR) is 107 cm³/mol. The van der Waals surface area contributed by atoms with Gasteiger partial charge >= 0.3 is 0 Å². The molecule has 0 radical (unpaired) electrons. The molecule has 0 aliphatic heterocycles. The van der Waals surface area contributed by atoms with E-state index in [-0.39, 0.29) is 17.4 Å². The number of benzene rings is 2. The molecule has 7 heteroatoms. The Bertz CT molecular complexity index is 794. The van der Waals surface area contributed by atoms with Crippen molar-refractivity contribution in [1.29, 1.82) is 0 Å². The van der Waals surface area contributed by atoms with E-state index in [1.165, 1.54) is 11.8 Å². The zero-order valence-corrected chi connectivity index (χ0v) is 16.8. The highest BCUT2D eigenvalue weighted by Crippen LogP contribution is 2.30. The van der Waals surface area contributed by atoms with E-state index in [0.717, 1.165) is 6.42 Å². The smallest absolute Gasteiger partial charge is 0.277 e. The Labute approximate surface area is 166 Å². The molecule has 1 amide bonds. The fourth-order valence-electron chi connectivity index (χ4n) is 2.17. The minimum absolute atomic E-state index is 0.106. The number of phenols is 1. The largest absolute Gasteiger partial charge is 0.506 e. The fourth-order valence-corrected chi connectivity index (χ4v) is 3.00. The number of amides is 1. The maximum atomic E-state index is 11.8. The van der Waals surface area contributed by atoms with Crippen LogP contribution in [0.5, 0.6) is 11.5 Å². The lowest BCUT2D eigenvalue weighted by Crippen LogP contribution is -2.24. The third-order valence-electron chi connectivity index (χ3n) is 3.88. The van der Waals surface area contributed by atoms with Crippen LogP contribution in [0.3, 0.4) is 0 Å². The van der Waals surface area contributed by atoms with E-state index in [2.05, 4.69) is 40.3 Å². The van der Waals surface area contributed by atoms with Crippen LogP contribution in [0.15, 0.2) is 46.0 Å². The normalized spacial score (nSPS) is 12.2. The lowest BCUT2D eigenvalue weighted by atomic mass is 9.99. The lowest BCUT2D eigenvalue weighted by molar-refractivity contribution is -0.123. The highest BCUT2D eigenvalue weighted by atomic mass is 79.9. The summed E-state index contributed by atoms with van der Waals surface area (Å²) in [7, 11) is 0. The first-order valence-corrected chi connectivity index (χ1v) is 9.30. The molecule has 5 nitrogen and oxygen atoms in total. The molecule has 0 aliphatic carbocycles. The van der Waals surface area contributed by atoms with Crippen LogP contribution < -0.4 is 10.2 Å². The first-order chi connectivity index (χ1) is 12.4. The molecule has 138 valence electrons. The molecule has 0 fully saturated rings. The number of hydrogen-bond donors (Lipinski definition) is 2. The Kier molecular flexibility index (Phi) is 7.48. The van der Waals surface area contributed by atoms with Crippen molar-refractivity contribution in [1.82, 2.24) is 5.43 Å². The summed E-state index contributed by atoms with van der Waals surface area (Å²) in [5.74, 6) is 0.593. The minimum Gasteiger partial charge on any atom is -0.506 e. The Morgan fingerprint density at radius 2 is 2.08 bits per heavy atom. The Morgan fingerprint density at radius 3 is 2.73 bits per heavy atom. The third kappa shape index (κ3) is 5.75. The summed E-state index contributed by atoms with van der Waals surface area (Å²) in [4.78, 5) is 11.8. The molecule has 0 saturated heterocycles. The average Bonchev–Trinajstić information content (AvgIpc) is 2.63. The van der Waals surface area contributed by atoms with Crippen molar-refractivity contribution in [3.05, 3.63) is 57.0 Å². The number of aromatic hydroxyl groups is 1. The van der Waals surface area contributed by atoms with Gasteiger partial charge in [-0.1, -0.05) is 53.5 Å². The van der Waals surface area contributed by atoms with E-state index in [1.54, 1.807) is 12.1 Å². The maximum Gasteiger partial charge on any atom is 0.277 e. The van der Waals surface area contributed by atoms with Gasteiger partial charge in [0.2, 0.25) is 0 Å². The van der Waals surface area contributed by atoms with Gasteiger partial charge in [-0.15, -0.1) is 0 Å². The molecule has 0 bridgehead atoms. The Balaban J connectivity index is 1.86. The second-order valence-electron chi connectivity index (χ2n) is 5.79. The highest BCUT2D eigenvalue weighted by molar-refractivity contribution is 9.10. The van der Waals surface area contributed by atoms with Gasteiger partial charge < -0.3 is 9.84 Å². The first-order valence-electron chi connectivity index (χ1n) is 8.13. The van der Waals surface area contributed by atoms with Crippen molar-refractivity contribution < 1.29 is 14.6 Å². The van der Waals surface area contributed by atoms with E-state index in [1.807, 2.05) is 24.3 Å². The summed E-state index contributed by atoms with van der Waals surface area (Å²) < 4.78 is 6.13. The van der Waals surface area contributed by atoms with Gasteiger partial charge in [-0.05, 0) is 42.2 Å². The van der Waals surface area contributed by atoms with Crippen LogP contribution >= 0.6 is 27.5 Å². The topological polar surface area (TPSA) is 70.9 Å². The second kappa shape index (κ2) is 9.59. The summed E-state index contributed by atoms with van der Waals surface area (Å²) >= 11 is 9.14. The summed E-state index contributed by atoms with van der Waals surface area (Å²) in [5.41, 5.74) is 3.96. The van der Waals surface area contributed by atoms with Crippen LogP contribution in [0.2, 0.25) is 5.02 Å². The number of carbonyl (C=O) groups excluding carboxylic acids is 1. The molecular weight excluding hydrogens is 420 g/mol. The molecular formula is C19H20BrClN2O3. The zero-order chi connectivity index (χ0) is 19.1. The van der Waals surface area contributed by atoms with Crippen LogP contribution in [0.4, 0.5) is 0 Å². The number of ether oxygens (including phenoxy) is 1. The summed E-state index contributed by atoms with van der Waals surface area (Å²) in [6.07, 6.45) is 2.38. The molecule has 0 saturated carbocycles. The van der Waals surface area contributed by atoms with E-state index in [4.69, 9.17) is 16.3 Å². The van der Waals surface area contributed by atoms with Crippen molar-refractivity contribution in [3.8, 4) is 11.5 Å². The van der Waals surface area contributed by atoms with Crippen LogP contribution in [0.1, 0.15) is 37.3 Å². The van der Waals surface area contributed by atoms with Crippen molar-refractivity contribution in [3.63, 3.8) is 0 Å². The van der Waals surface area contributed by atoms with Crippen molar-refractivity contribution in [2.75, 3.05) is 6.61 Å². The van der Waals surface area contributed by atoms with Crippen LogP contribution in [0, 0.1) is 0 Å². The fraction of sp³-hybridized carbons (Fsp3) is 0.263. The highest BCUT2D eigenvalue weighted by Gasteiger charge is 2.07. The van der Waals surface area contributed by atoms with Crippen molar-refractivity contribution in [2.24, 2.45) is 5.10 Å². The standard InChI is InChI=1S/C19H20BrClN2O3/c1-3-12(2)13-4-6-16(7-5-13)26-11-18(24)23-22-10-14-8-15(20)9-17(21)19(14)25/h4-10,12,25H,3,11H2,1-2H3,(H,23,24)/b22-10-. The Morgan fingerprint density at radius 1 is 1.38 bits per heavy atom. The number of hydrazone groups is 1. The van der Waals surface area contributed by atoms with Gasteiger partial charge in [-0.25, -0.2) is 5.43 Å². The van der Waals surface area contributed by atoms with Gasteiger partial charge in [0.25, 0.3) is 5.91 Å². The molecule has 2 rings (SSSR count). The summed E-state index contributed by atoms with van der Waals surface area (Å²) in [5, 5.41) is 13.8. The van der Waals surface area contributed by atoms with Gasteiger partial charge in [0.05, 0.1) is 11.2 Å². The second-order valence-corrected chi connectivity index (χ2v) is 7.11. The number of rotatable bonds is 7. The molecule has 2 N–H and O–H groups in total. The van der Waals surface area contributed by atoms with Crippen LogP contribution in [-0.4, -0.2) is 23.8 Å². The van der Waals surface area contributed by atoms with Gasteiger partial charge in [-0.2, -0.15) is 5.10 Å². The summed E-state index contributed by atoms with van der Waals surface area (Å²) in [6, 6.07) is 10.9. The molecule has 26 heavy (non-hydrogen) atoms. The van der Waals surface area contributed by atoms with Gasteiger partial charge in [0.1, 0.15) is 11.5 Å². The number of halogens is 2. The Hall–Kier alpha value is -2.05. The minimum atomic E-state index is -0.409. The van der Waals surface area contributed by atoms with Gasteiger partial charge in [0.15, 0.2) is 6.61 Å². The monoisotopic (exact) mass is 438 g/mol. The molecule has 0 aliphatic rings. The summed E-state index contributed by atoms with van der Waals surface area (Å²) in [6.45, 7) is 4.14. The number of nitrogens with one attached hydrogen (secondary N) is 1. The van der Waals surface area contributed by atoms with E-state index >= 15 is 0 Å². The number of carbonyl (C=O) groups is 1. The third-order valence-corrected chi connectivity index (χ3v) is 4.63. The van der Waals surface area contributed by atoms with E-state index in [0.29, 0.717) is 21.7 Å². The van der Waals surface area contributed by atoms with Gasteiger partial charge in [-0.3, -0.25) is 4.79 Å². The zero-order valence-electron chi connectivity index (χ0n) is 14.5. The molecule has 1 atom stereocenters. The van der Waals surface area contributed by atoms with Gasteiger partial charge in [0, 0.05) is 10.0 Å². The molecule has 0 heterocycles. The molecule has 2 aromatic carbocycles. The SMILES string of the molecule is CCC(C)c1ccc(OCC(=O)N/N=C\c2cc(Br)cc(Cl)c2O)cc1. The van der Waals surface area contributed by atoms with Crippen molar-refractivity contribution >= 4 is 39.7 Å². The number of hydrogen-bond acceptors (Lipinski definition) is 4. The quantitative estimate of drug-likeness (QED) is 0.478. The molecule has 0 spiro atoms.